The van der Waals surface area contributed by atoms with Crippen LogP contribution >= 0.6 is 15.9 Å². The van der Waals surface area contributed by atoms with Crippen molar-refractivity contribution in [1.82, 2.24) is 0 Å². The molecule has 0 spiro atoms. The molecule has 1 aromatic rings. The molecule has 0 fully saturated rings. The van der Waals surface area contributed by atoms with Crippen LogP contribution in [-0.4, -0.2) is 11.6 Å². The van der Waals surface area contributed by atoms with Gasteiger partial charge in [0.2, 0.25) is 6.10 Å². The largest absolute Gasteiger partial charge is 0.352 e. The van der Waals surface area contributed by atoms with Crippen molar-refractivity contribution in [1.29, 1.82) is 0 Å². The predicted molar refractivity (Wildman–Crippen MR) is 80.1 cm³/mol. The molecule has 0 amide bonds. The fourth-order valence-electron chi connectivity index (χ4n) is 1.35. The number of rotatable bonds is 3. The molecule has 0 saturated heterocycles. The first-order valence-electron chi connectivity index (χ1n) is 6.16. The normalized spacial score (nSPS) is 13.1. The molecule has 0 heterocycles. The zero-order valence-electron chi connectivity index (χ0n) is 11.7. The van der Waals surface area contributed by atoms with Crippen LogP contribution in [0.25, 0.3) is 4.85 Å². The average molecular weight is 311 g/mol. The molecule has 18 heavy (non-hydrogen) atoms. The molecular weight excluding hydrogens is 290 g/mol. The topological polar surface area (TPSA) is 13.6 Å². The highest BCUT2D eigenvalue weighted by atomic mass is 79.9. The Balaban J connectivity index is 2.97. The number of hydrogen-bond acceptors (Lipinski definition) is 1. The Labute approximate surface area is 118 Å². The molecule has 0 bridgehead atoms. The first-order valence-corrected chi connectivity index (χ1v) is 6.95. The summed E-state index contributed by atoms with van der Waals surface area (Å²) in [7, 11) is 0. The Morgan fingerprint density at radius 2 is 1.72 bits per heavy atom. The molecule has 98 valence electrons. The Hall–Kier alpha value is -0.850. The molecule has 0 aliphatic carbocycles. The summed E-state index contributed by atoms with van der Waals surface area (Å²) in [6, 6.07) is 11.2. The summed E-state index contributed by atoms with van der Waals surface area (Å²) in [5.41, 5.74) is 0.938. The minimum absolute atomic E-state index is 0.131. The summed E-state index contributed by atoms with van der Waals surface area (Å²) in [6.45, 7) is 10.2. The van der Waals surface area contributed by atoms with E-state index in [9.17, 15) is 0 Å². The van der Waals surface area contributed by atoms with E-state index in [2.05, 4.69) is 26.8 Å². The maximum absolute atomic E-state index is 5.85. The number of ether oxygens (including phenoxy) is 1. The summed E-state index contributed by atoms with van der Waals surface area (Å²) in [4.78, 5) is 4.42. The highest BCUT2D eigenvalue weighted by molar-refractivity contribution is 9.10. The van der Waals surface area contributed by atoms with Crippen LogP contribution in [0.4, 0.5) is 0 Å². The quantitative estimate of drug-likeness (QED) is 0.762. The van der Waals surface area contributed by atoms with E-state index < -0.39 is 0 Å². The zero-order chi connectivity index (χ0) is 13.8. The second kappa shape index (κ2) is 6.36. The Morgan fingerprint density at radius 1 is 1.17 bits per heavy atom. The molecule has 0 aromatic heterocycles. The molecule has 0 aliphatic heterocycles. The van der Waals surface area contributed by atoms with E-state index in [1.165, 1.54) is 0 Å². The summed E-state index contributed by atoms with van der Waals surface area (Å²) >= 11 is 3.43. The van der Waals surface area contributed by atoms with Gasteiger partial charge >= 0.3 is 6.07 Å². The molecule has 1 unspecified atom stereocenters. The minimum Gasteiger partial charge on any atom is -0.352 e. The van der Waals surface area contributed by atoms with Gasteiger partial charge in [-0.1, -0.05) is 32.9 Å². The summed E-state index contributed by atoms with van der Waals surface area (Å²) in [6.07, 6.45) is -0.0707. The third kappa shape index (κ3) is 5.66. The van der Waals surface area contributed by atoms with E-state index in [0.29, 0.717) is 0 Å². The van der Waals surface area contributed by atoms with Crippen LogP contribution in [0.5, 0.6) is 0 Å². The van der Waals surface area contributed by atoms with Crippen LogP contribution in [0.1, 0.15) is 46.3 Å². The average Bonchev–Trinajstić information content (AvgIpc) is 2.24. The van der Waals surface area contributed by atoms with E-state index in [4.69, 9.17) is 4.74 Å². The molecule has 3 heteroatoms. The van der Waals surface area contributed by atoms with Crippen LogP contribution < -0.4 is 0 Å². The lowest BCUT2D eigenvalue weighted by Gasteiger charge is -2.12. The smallest absolute Gasteiger partial charge is 0.310 e. The Kier molecular flexibility index (Phi) is 5.37. The first kappa shape index (κ1) is 15.2. The number of benzene rings is 1. The second-order valence-corrected chi connectivity index (χ2v) is 6.44. The molecule has 0 aliphatic rings. The minimum atomic E-state index is -0.211. The van der Waals surface area contributed by atoms with Crippen molar-refractivity contribution in [3.8, 4) is 6.07 Å². The summed E-state index contributed by atoms with van der Waals surface area (Å²) in [5, 5.41) is 0. The van der Waals surface area contributed by atoms with Gasteiger partial charge in [-0.05, 0) is 31.5 Å². The molecule has 0 radical (unpaired) electrons. The predicted octanol–water partition coefficient (Wildman–Crippen LogP) is 5.05. The highest BCUT2D eigenvalue weighted by Gasteiger charge is 2.22. The van der Waals surface area contributed by atoms with Gasteiger partial charge in [0.05, 0.1) is 6.10 Å². The fraction of sp³-hybridized carbons (Fsp3) is 0.533. The van der Waals surface area contributed by atoms with Gasteiger partial charge in [-0.2, -0.15) is 0 Å². The summed E-state index contributed by atoms with van der Waals surface area (Å²) < 4.78 is 6.91. The Bertz CT molecular complexity index is 434. The van der Waals surface area contributed by atoms with E-state index in [-0.39, 0.29) is 17.7 Å². The molecule has 1 aromatic carbocycles. The van der Waals surface area contributed by atoms with Crippen molar-refractivity contribution in [2.24, 2.45) is 0 Å². The monoisotopic (exact) mass is 310 g/mol. The first-order chi connectivity index (χ1) is 8.28. The van der Waals surface area contributed by atoms with E-state index >= 15 is 0 Å². The van der Waals surface area contributed by atoms with Crippen molar-refractivity contribution in [2.45, 2.75) is 52.4 Å². The van der Waals surface area contributed by atoms with Gasteiger partial charge < -0.3 is 4.74 Å². The molecule has 0 N–H and O–H groups in total. The van der Waals surface area contributed by atoms with Gasteiger partial charge in [0.25, 0.3) is 5.54 Å². The third-order valence-electron chi connectivity index (χ3n) is 2.10. The molecule has 1 rings (SSSR count). The maximum Gasteiger partial charge on any atom is 0.310 e. The fourth-order valence-corrected chi connectivity index (χ4v) is 1.61. The molecule has 2 nitrogen and oxygen atoms in total. The molecule has 0 saturated carbocycles. The van der Waals surface area contributed by atoms with Crippen molar-refractivity contribution >= 4 is 15.9 Å². The van der Waals surface area contributed by atoms with Gasteiger partial charge in [-0.3, -0.25) is 0 Å². The van der Waals surface area contributed by atoms with Gasteiger partial charge in [0.1, 0.15) is 0 Å². The highest BCUT2D eigenvalue weighted by Crippen LogP contribution is 2.22. The number of halogens is 1. The maximum atomic E-state index is 5.85. The standard InChI is InChI=1S/C15H21BrNO/c1-11(2)18-14(10-17-15(3,4)5)12-6-8-13(16)9-7-12/h6-9,11,14H,1-5H3/q+1. The van der Waals surface area contributed by atoms with Gasteiger partial charge in [0.15, 0.2) is 0 Å². The molecular formula is C15H21BrNO+. The van der Waals surface area contributed by atoms with Crippen LogP contribution in [-0.2, 0) is 4.74 Å². The number of nitrogens with zero attached hydrogens (tertiary/aromatic N) is 1. The lowest BCUT2D eigenvalue weighted by molar-refractivity contribution is 0.0400. The van der Waals surface area contributed by atoms with Crippen molar-refractivity contribution in [2.75, 3.05) is 0 Å². The SMILES string of the molecule is CC(C)OC(C#[N+]C(C)(C)C)c1ccc(Br)cc1. The second-order valence-electron chi connectivity index (χ2n) is 5.53. The van der Waals surface area contributed by atoms with E-state index in [1.54, 1.807) is 0 Å². The lowest BCUT2D eigenvalue weighted by Crippen LogP contribution is -2.11. The van der Waals surface area contributed by atoms with Crippen molar-refractivity contribution in [3.63, 3.8) is 0 Å². The van der Waals surface area contributed by atoms with Crippen LogP contribution in [0.15, 0.2) is 28.7 Å². The molecule has 1 atom stereocenters. The van der Waals surface area contributed by atoms with E-state index in [0.717, 1.165) is 10.0 Å². The lowest BCUT2D eigenvalue weighted by atomic mass is 10.1. The van der Waals surface area contributed by atoms with E-state index in [1.807, 2.05) is 58.9 Å². The van der Waals surface area contributed by atoms with Gasteiger partial charge in [-0.15, -0.1) is 0 Å². The number of hydrogen-bond donors (Lipinski definition) is 0. The van der Waals surface area contributed by atoms with Crippen LogP contribution in [0, 0.1) is 6.07 Å². The van der Waals surface area contributed by atoms with Crippen LogP contribution in [0.2, 0.25) is 0 Å². The zero-order valence-corrected chi connectivity index (χ0v) is 13.3. The summed E-state index contributed by atoms with van der Waals surface area (Å²) in [5.74, 6) is 0. The van der Waals surface area contributed by atoms with Crippen molar-refractivity contribution < 1.29 is 4.74 Å². The Morgan fingerprint density at radius 3 is 2.17 bits per heavy atom. The van der Waals surface area contributed by atoms with Crippen LogP contribution in [0.3, 0.4) is 0 Å². The van der Waals surface area contributed by atoms with Gasteiger partial charge in [-0.25, -0.2) is 0 Å². The van der Waals surface area contributed by atoms with Crippen molar-refractivity contribution in [3.05, 3.63) is 39.1 Å². The third-order valence-corrected chi connectivity index (χ3v) is 2.63. The van der Waals surface area contributed by atoms with Gasteiger partial charge in [0, 0.05) is 25.2 Å².